The van der Waals surface area contributed by atoms with Crippen molar-refractivity contribution in [1.29, 1.82) is 0 Å². The van der Waals surface area contributed by atoms with E-state index in [-0.39, 0.29) is 5.65 Å². The second kappa shape index (κ2) is 7.22. The van der Waals surface area contributed by atoms with Crippen LogP contribution in [-0.2, 0) is 0 Å². The van der Waals surface area contributed by atoms with Crippen LogP contribution in [0.1, 0.15) is 18.7 Å². The molecule has 0 aliphatic carbocycles. The SMILES string of the molecule is CC(c1ccccn1)n1c(=O)c2cccnc2n(-c2ccc(Cl)c(Cl)c2)c1=O. The molecule has 0 amide bonds. The molecule has 0 N–H and O–H groups in total. The largest absolute Gasteiger partial charge is 0.337 e. The van der Waals surface area contributed by atoms with Crippen LogP contribution >= 0.6 is 23.2 Å². The molecule has 0 saturated heterocycles. The van der Waals surface area contributed by atoms with Crippen molar-refractivity contribution < 1.29 is 0 Å². The third-order valence-corrected chi connectivity index (χ3v) is 5.25. The normalized spacial score (nSPS) is 12.2. The maximum atomic E-state index is 13.4. The lowest BCUT2D eigenvalue weighted by atomic mass is 10.2. The minimum atomic E-state index is -0.570. The summed E-state index contributed by atoms with van der Waals surface area (Å²) in [4.78, 5) is 35.0. The molecule has 0 spiro atoms. The van der Waals surface area contributed by atoms with E-state index in [1.807, 2.05) is 6.07 Å². The van der Waals surface area contributed by atoms with Crippen molar-refractivity contribution in [2.24, 2.45) is 0 Å². The number of hydrogen-bond acceptors (Lipinski definition) is 4. The Labute approximate surface area is 169 Å². The Morgan fingerprint density at radius 2 is 1.71 bits per heavy atom. The van der Waals surface area contributed by atoms with Crippen molar-refractivity contribution in [3.05, 3.63) is 97.5 Å². The molecule has 0 aliphatic heterocycles. The van der Waals surface area contributed by atoms with E-state index in [1.165, 1.54) is 15.3 Å². The summed E-state index contributed by atoms with van der Waals surface area (Å²) in [5.41, 5.74) is 0.353. The summed E-state index contributed by atoms with van der Waals surface area (Å²) in [5, 5.41) is 0.979. The molecule has 6 nitrogen and oxygen atoms in total. The minimum Gasteiger partial charge on any atom is -0.268 e. The molecule has 4 rings (SSSR count). The van der Waals surface area contributed by atoms with Gasteiger partial charge in [0, 0.05) is 12.4 Å². The quantitative estimate of drug-likeness (QED) is 0.512. The molecule has 3 aromatic heterocycles. The van der Waals surface area contributed by atoms with E-state index in [9.17, 15) is 9.59 Å². The molecule has 1 atom stereocenters. The van der Waals surface area contributed by atoms with Gasteiger partial charge in [0.15, 0.2) is 5.65 Å². The maximum absolute atomic E-state index is 13.4. The summed E-state index contributed by atoms with van der Waals surface area (Å²) in [6.07, 6.45) is 3.15. The molecule has 1 aromatic carbocycles. The average Bonchev–Trinajstić information content (AvgIpc) is 2.71. The molecular weight excluding hydrogens is 399 g/mol. The van der Waals surface area contributed by atoms with Crippen molar-refractivity contribution >= 4 is 34.2 Å². The monoisotopic (exact) mass is 412 g/mol. The van der Waals surface area contributed by atoms with E-state index in [2.05, 4.69) is 9.97 Å². The van der Waals surface area contributed by atoms with E-state index < -0.39 is 17.3 Å². The average molecular weight is 413 g/mol. The number of pyridine rings is 2. The molecule has 1 unspecified atom stereocenters. The third-order valence-electron chi connectivity index (χ3n) is 4.51. The van der Waals surface area contributed by atoms with Crippen LogP contribution in [0.3, 0.4) is 0 Å². The summed E-state index contributed by atoms with van der Waals surface area (Å²) in [6, 6.07) is 12.9. The standard InChI is InChI=1S/C20H14Cl2N4O2/c1-12(17-6-2-3-9-23-17)25-19(27)14-5-4-10-24-18(14)26(20(25)28)13-7-8-15(21)16(22)11-13/h2-12H,1H3. The highest BCUT2D eigenvalue weighted by atomic mass is 35.5. The molecule has 0 aliphatic rings. The summed E-state index contributed by atoms with van der Waals surface area (Å²) in [5.74, 6) is 0. The highest BCUT2D eigenvalue weighted by Crippen LogP contribution is 2.25. The third kappa shape index (κ3) is 3.00. The summed E-state index contributed by atoms with van der Waals surface area (Å²) in [6.45, 7) is 1.76. The topological polar surface area (TPSA) is 69.8 Å². The zero-order valence-corrected chi connectivity index (χ0v) is 16.2. The van der Waals surface area contributed by atoms with E-state index in [0.717, 1.165) is 0 Å². The fourth-order valence-electron chi connectivity index (χ4n) is 3.11. The van der Waals surface area contributed by atoms with Gasteiger partial charge in [-0.25, -0.2) is 14.3 Å². The Bertz CT molecular complexity index is 1300. The van der Waals surface area contributed by atoms with Gasteiger partial charge in [-0.1, -0.05) is 29.3 Å². The van der Waals surface area contributed by atoms with E-state index >= 15 is 0 Å². The first kappa shape index (κ1) is 18.4. The lowest BCUT2D eigenvalue weighted by Crippen LogP contribution is -2.41. The summed E-state index contributed by atoms with van der Waals surface area (Å²) < 4.78 is 2.53. The molecule has 0 saturated carbocycles. The van der Waals surface area contributed by atoms with Gasteiger partial charge in [-0.15, -0.1) is 0 Å². The van der Waals surface area contributed by atoms with Crippen LogP contribution in [0, 0.1) is 0 Å². The second-order valence-electron chi connectivity index (χ2n) is 6.20. The highest BCUT2D eigenvalue weighted by Gasteiger charge is 2.21. The van der Waals surface area contributed by atoms with Gasteiger partial charge in [0.05, 0.1) is 32.9 Å². The Balaban J connectivity index is 2.09. The molecule has 4 aromatic rings. The first-order valence-corrected chi connectivity index (χ1v) is 9.23. The van der Waals surface area contributed by atoms with Crippen molar-refractivity contribution in [3.63, 3.8) is 0 Å². The van der Waals surface area contributed by atoms with Crippen LogP contribution < -0.4 is 11.2 Å². The number of nitrogens with zero attached hydrogens (tertiary/aromatic N) is 4. The number of halogens is 2. The van der Waals surface area contributed by atoms with E-state index in [4.69, 9.17) is 23.2 Å². The van der Waals surface area contributed by atoms with Gasteiger partial charge in [-0.3, -0.25) is 14.3 Å². The van der Waals surface area contributed by atoms with Crippen molar-refractivity contribution in [1.82, 2.24) is 19.1 Å². The Morgan fingerprint density at radius 3 is 2.43 bits per heavy atom. The van der Waals surface area contributed by atoms with Gasteiger partial charge < -0.3 is 0 Å². The van der Waals surface area contributed by atoms with Crippen LogP contribution in [0.25, 0.3) is 16.7 Å². The number of hydrogen-bond donors (Lipinski definition) is 0. The summed E-state index contributed by atoms with van der Waals surface area (Å²) in [7, 11) is 0. The van der Waals surface area contributed by atoms with E-state index in [0.29, 0.717) is 26.8 Å². The van der Waals surface area contributed by atoms with Crippen LogP contribution in [0.5, 0.6) is 0 Å². The minimum absolute atomic E-state index is 0.250. The van der Waals surface area contributed by atoms with Gasteiger partial charge in [0.1, 0.15) is 0 Å². The molecule has 0 fully saturated rings. The molecule has 0 bridgehead atoms. The number of rotatable bonds is 3. The first-order valence-electron chi connectivity index (χ1n) is 8.47. The lowest BCUT2D eigenvalue weighted by Gasteiger charge is -2.18. The van der Waals surface area contributed by atoms with Gasteiger partial charge in [-0.05, 0) is 49.4 Å². The molecule has 140 valence electrons. The Kier molecular flexibility index (Phi) is 4.75. The predicted molar refractivity (Wildman–Crippen MR) is 110 cm³/mol. The number of benzene rings is 1. The van der Waals surface area contributed by atoms with Crippen molar-refractivity contribution in [3.8, 4) is 5.69 Å². The molecule has 3 heterocycles. The van der Waals surface area contributed by atoms with Gasteiger partial charge in [-0.2, -0.15) is 0 Å². The number of aromatic nitrogens is 4. The van der Waals surface area contributed by atoms with Gasteiger partial charge >= 0.3 is 5.69 Å². The zero-order chi connectivity index (χ0) is 19.8. The van der Waals surface area contributed by atoms with Crippen LogP contribution in [0.15, 0.2) is 70.5 Å². The van der Waals surface area contributed by atoms with Crippen LogP contribution in [-0.4, -0.2) is 19.1 Å². The van der Waals surface area contributed by atoms with Crippen molar-refractivity contribution in [2.75, 3.05) is 0 Å². The van der Waals surface area contributed by atoms with Gasteiger partial charge in [0.25, 0.3) is 5.56 Å². The molecular formula is C20H14Cl2N4O2. The highest BCUT2D eigenvalue weighted by molar-refractivity contribution is 6.42. The van der Waals surface area contributed by atoms with Gasteiger partial charge in [0.2, 0.25) is 0 Å². The Hall–Kier alpha value is -2.96. The predicted octanol–water partition coefficient (Wildman–Crippen LogP) is 3.86. The molecule has 0 radical (unpaired) electrons. The fraction of sp³-hybridized carbons (Fsp3) is 0.100. The maximum Gasteiger partial charge on any atom is 0.337 e. The Morgan fingerprint density at radius 1 is 0.929 bits per heavy atom. The van der Waals surface area contributed by atoms with E-state index in [1.54, 1.807) is 55.6 Å². The first-order chi connectivity index (χ1) is 13.5. The smallest absolute Gasteiger partial charge is 0.268 e. The summed E-state index contributed by atoms with van der Waals surface area (Å²) >= 11 is 12.2. The van der Waals surface area contributed by atoms with Crippen molar-refractivity contribution in [2.45, 2.75) is 13.0 Å². The molecule has 8 heteroatoms. The molecule has 28 heavy (non-hydrogen) atoms. The lowest BCUT2D eigenvalue weighted by molar-refractivity contribution is 0.559. The zero-order valence-electron chi connectivity index (χ0n) is 14.7. The fourth-order valence-corrected chi connectivity index (χ4v) is 3.40. The number of fused-ring (bicyclic) bond motifs is 1. The second-order valence-corrected chi connectivity index (χ2v) is 7.01. The van der Waals surface area contributed by atoms with Crippen LogP contribution in [0.2, 0.25) is 10.0 Å². The van der Waals surface area contributed by atoms with Crippen LogP contribution in [0.4, 0.5) is 0 Å².